The first-order chi connectivity index (χ1) is 34.0. The lowest BCUT2D eigenvalue weighted by Crippen LogP contribution is -2.57. The van der Waals surface area contributed by atoms with Gasteiger partial charge in [-0.25, -0.2) is 0 Å². The molecule has 0 saturated carbocycles. The van der Waals surface area contributed by atoms with E-state index < -0.39 is 83.8 Å². The molecule has 4 heterocycles. The molecular formula is C48H59N7O16. The Bertz CT molecular complexity index is 2480. The fraction of sp³-hybridized carbons (Fsp3) is 0.521. The van der Waals surface area contributed by atoms with E-state index in [-0.39, 0.29) is 109 Å². The molecule has 71 heavy (non-hydrogen) atoms. The van der Waals surface area contributed by atoms with Crippen LogP contribution in [0.15, 0.2) is 30.4 Å². The summed E-state index contributed by atoms with van der Waals surface area (Å²) in [6.07, 6.45) is 2.94. The van der Waals surface area contributed by atoms with Crippen molar-refractivity contribution in [3.05, 3.63) is 63.7 Å². The number of methoxy groups -OCH3 is 2. The van der Waals surface area contributed by atoms with Gasteiger partial charge < -0.3 is 60.4 Å². The standard InChI is InChI=1S/C37H38N6O12.C11H21NO4/c1-55-23-4-2-3-20-29(23)35(52)31-30(33(20)50)34(51)21-15-18(5-6-19(21)32(31)49)36(53)38-11-14-42-12-9-22(37(42)54)41-26(46)17-40-25(45)16-39-24(44)10-13-43-27(47)7-8-28(43)48;1-8-11(13)9(3-5-15-8)12-4-6-16-10(7-12)14-2/h2-4,7-8,18,22,49,51H,5-6,9-17H2,1H3,(H,38,53)(H,39,44)(H,40,45)(H,41,46);8-11,13H,3-7H2,1-2H3/t18-,22?;8-,9?,10?,11?/m00/s1. The maximum absolute atomic E-state index is 13.5. The molecule has 8 rings (SSSR count). The molecule has 6 aliphatic rings. The number of aromatic hydroxyl groups is 2. The third-order valence-corrected chi connectivity index (χ3v) is 13.5. The molecule has 0 bridgehead atoms. The Morgan fingerprint density at radius 2 is 1.49 bits per heavy atom. The minimum Gasteiger partial charge on any atom is -0.507 e. The monoisotopic (exact) mass is 989 g/mol. The summed E-state index contributed by atoms with van der Waals surface area (Å²) in [7, 11) is 3.01. The van der Waals surface area contributed by atoms with Crippen LogP contribution in [0.4, 0.5) is 0 Å². The average Bonchev–Trinajstić information content (AvgIpc) is 3.89. The molecule has 0 aromatic heterocycles. The number of hydrogen-bond donors (Lipinski definition) is 7. The Morgan fingerprint density at radius 1 is 0.789 bits per heavy atom. The molecule has 6 atom stereocenters. The van der Waals surface area contributed by atoms with Crippen molar-refractivity contribution in [1.82, 2.24) is 36.0 Å². The van der Waals surface area contributed by atoms with E-state index in [2.05, 4.69) is 26.2 Å². The number of ether oxygens (including phenoxy) is 4. The Kier molecular flexibility index (Phi) is 16.8. The van der Waals surface area contributed by atoms with Gasteiger partial charge in [-0.15, -0.1) is 0 Å². The second kappa shape index (κ2) is 23.0. The number of carbonyl (C=O) groups is 9. The molecule has 4 unspecified atom stereocenters. The highest BCUT2D eigenvalue weighted by atomic mass is 16.7. The quantitative estimate of drug-likeness (QED) is 0.0653. The predicted molar refractivity (Wildman–Crippen MR) is 246 cm³/mol. The van der Waals surface area contributed by atoms with Gasteiger partial charge in [0.1, 0.15) is 23.3 Å². The highest BCUT2D eigenvalue weighted by Gasteiger charge is 2.42. The molecule has 3 fully saturated rings. The van der Waals surface area contributed by atoms with Crippen LogP contribution in [-0.4, -0.2) is 193 Å². The third kappa shape index (κ3) is 11.5. The summed E-state index contributed by atoms with van der Waals surface area (Å²) in [6.45, 7) is 4.38. The Balaban J connectivity index is 0.000000391. The van der Waals surface area contributed by atoms with Gasteiger partial charge in [-0.2, -0.15) is 0 Å². The van der Waals surface area contributed by atoms with E-state index in [0.717, 1.165) is 43.2 Å². The fourth-order valence-corrected chi connectivity index (χ4v) is 9.64. The van der Waals surface area contributed by atoms with E-state index in [4.69, 9.17) is 18.9 Å². The normalized spacial score (nSPS) is 23.8. The van der Waals surface area contributed by atoms with E-state index >= 15 is 0 Å². The SMILES string of the molecule is COC1CN(C2CCO[C@@H](C)C2O)CCO1.COc1cccc2c1C(=O)c1c(O)c3c(c(O)c1C2=O)C[C@@H](C(=O)NCCN1CCC(NC(=O)CNC(=O)CNC(=O)CCN2C(=O)C=CC2=O)C1=O)CC3. The van der Waals surface area contributed by atoms with E-state index in [1.54, 1.807) is 13.2 Å². The number of phenols is 2. The van der Waals surface area contributed by atoms with Crippen molar-refractivity contribution in [2.24, 2.45) is 5.92 Å². The van der Waals surface area contributed by atoms with Gasteiger partial charge >= 0.3 is 0 Å². The van der Waals surface area contributed by atoms with Gasteiger partial charge in [-0.3, -0.25) is 53.0 Å². The maximum Gasteiger partial charge on any atom is 0.253 e. The Hall–Kier alpha value is -6.79. The molecule has 23 heteroatoms. The van der Waals surface area contributed by atoms with Gasteiger partial charge in [0, 0.05) is 100 Å². The van der Waals surface area contributed by atoms with E-state index in [9.17, 15) is 58.5 Å². The largest absolute Gasteiger partial charge is 0.507 e. The first-order valence-electron chi connectivity index (χ1n) is 23.5. The first kappa shape index (κ1) is 52.0. The molecule has 7 N–H and O–H groups in total. The summed E-state index contributed by atoms with van der Waals surface area (Å²) in [6, 6.07) is 3.84. The number of benzene rings is 2. The van der Waals surface area contributed by atoms with Crippen molar-refractivity contribution in [1.29, 1.82) is 0 Å². The number of fused-ring (bicyclic) bond motifs is 3. The van der Waals surface area contributed by atoms with E-state index in [0.29, 0.717) is 25.1 Å². The molecular weight excluding hydrogens is 931 g/mol. The number of nitrogens with one attached hydrogen (secondary N) is 4. The lowest BCUT2D eigenvalue weighted by molar-refractivity contribution is -0.190. The highest BCUT2D eigenvalue weighted by Crippen LogP contribution is 2.47. The Morgan fingerprint density at radius 3 is 2.23 bits per heavy atom. The smallest absolute Gasteiger partial charge is 0.253 e. The van der Waals surface area contributed by atoms with Gasteiger partial charge in [0.05, 0.1) is 55.7 Å². The van der Waals surface area contributed by atoms with Crippen LogP contribution >= 0.6 is 0 Å². The molecule has 23 nitrogen and oxygen atoms in total. The van der Waals surface area contributed by atoms with Crippen molar-refractivity contribution >= 4 is 52.9 Å². The third-order valence-electron chi connectivity index (χ3n) is 13.5. The number of aliphatic hydroxyl groups is 1. The van der Waals surface area contributed by atoms with Crippen molar-refractivity contribution in [2.45, 2.75) is 76.0 Å². The van der Waals surface area contributed by atoms with Crippen molar-refractivity contribution in [3.63, 3.8) is 0 Å². The van der Waals surface area contributed by atoms with Crippen molar-refractivity contribution in [2.75, 3.05) is 79.8 Å². The zero-order chi connectivity index (χ0) is 51.1. The second-order valence-electron chi connectivity index (χ2n) is 17.8. The maximum atomic E-state index is 13.5. The second-order valence-corrected chi connectivity index (χ2v) is 17.8. The number of rotatable bonds is 15. The van der Waals surface area contributed by atoms with Crippen LogP contribution in [0.3, 0.4) is 0 Å². The molecule has 4 aliphatic heterocycles. The summed E-state index contributed by atoms with van der Waals surface area (Å²) in [5.41, 5.74) is -0.0600. The highest BCUT2D eigenvalue weighted by molar-refractivity contribution is 6.31. The number of hydrogen-bond acceptors (Lipinski definition) is 17. The van der Waals surface area contributed by atoms with Gasteiger partial charge in [0.15, 0.2) is 12.1 Å². The summed E-state index contributed by atoms with van der Waals surface area (Å²) < 4.78 is 21.3. The number of phenolic OH excluding ortho intramolecular Hbond substituents is 2. The topological polar surface area (TPSA) is 309 Å². The van der Waals surface area contributed by atoms with Crippen LogP contribution in [0, 0.1) is 5.92 Å². The number of imide groups is 1. The number of carbonyl (C=O) groups excluding carboxylic acids is 9. The molecule has 2 aliphatic carbocycles. The van der Waals surface area contributed by atoms with Gasteiger partial charge in [0.2, 0.25) is 35.3 Å². The molecule has 2 aromatic rings. The summed E-state index contributed by atoms with van der Waals surface area (Å²) in [5.74, 6) is -6.29. The Labute approximate surface area is 408 Å². The minimum atomic E-state index is -0.843. The zero-order valence-electron chi connectivity index (χ0n) is 39.7. The summed E-state index contributed by atoms with van der Waals surface area (Å²) in [5, 5.41) is 42.6. The van der Waals surface area contributed by atoms with Crippen LogP contribution in [0.1, 0.15) is 75.6 Å². The fourth-order valence-electron chi connectivity index (χ4n) is 9.64. The van der Waals surface area contributed by atoms with Crippen LogP contribution in [0.5, 0.6) is 17.2 Å². The minimum absolute atomic E-state index is 0.000916. The van der Waals surface area contributed by atoms with Crippen molar-refractivity contribution < 1.29 is 77.4 Å². The van der Waals surface area contributed by atoms with E-state index in [1.165, 1.54) is 24.1 Å². The number of ketones is 2. The average molecular weight is 990 g/mol. The van der Waals surface area contributed by atoms with Crippen molar-refractivity contribution in [3.8, 4) is 17.2 Å². The lowest BCUT2D eigenvalue weighted by Gasteiger charge is -2.43. The molecule has 0 radical (unpaired) electrons. The number of morpholine rings is 1. The van der Waals surface area contributed by atoms with Gasteiger partial charge in [-0.1, -0.05) is 12.1 Å². The number of aliphatic hydroxyl groups excluding tert-OH is 1. The molecule has 3 saturated heterocycles. The number of nitrogens with zero attached hydrogens (tertiary/aromatic N) is 3. The molecule has 2 aromatic carbocycles. The first-order valence-corrected chi connectivity index (χ1v) is 23.5. The van der Waals surface area contributed by atoms with Gasteiger partial charge in [-0.05, 0) is 45.1 Å². The zero-order valence-corrected chi connectivity index (χ0v) is 39.7. The summed E-state index contributed by atoms with van der Waals surface area (Å²) in [4.78, 5) is 117. The van der Waals surface area contributed by atoms with Crippen LogP contribution < -0.4 is 26.0 Å². The molecule has 7 amide bonds. The van der Waals surface area contributed by atoms with Crippen LogP contribution in [-0.2, 0) is 60.6 Å². The molecule has 382 valence electrons. The summed E-state index contributed by atoms with van der Waals surface area (Å²) >= 11 is 0. The lowest BCUT2D eigenvalue weighted by atomic mass is 9.75. The van der Waals surface area contributed by atoms with Crippen LogP contribution in [0.2, 0.25) is 0 Å². The van der Waals surface area contributed by atoms with E-state index in [1.807, 2.05) is 6.92 Å². The van der Waals surface area contributed by atoms with Gasteiger partial charge in [0.25, 0.3) is 11.8 Å². The number of amides is 7. The number of likely N-dealkylation sites (tertiary alicyclic amines) is 1. The van der Waals surface area contributed by atoms with Crippen LogP contribution in [0.25, 0.3) is 0 Å². The molecule has 0 spiro atoms. The predicted octanol–water partition coefficient (Wildman–Crippen LogP) is -1.80.